The number of hydrogen-bond acceptors (Lipinski definition) is 2. The molecule has 0 saturated carbocycles. The highest BCUT2D eigenvalue weighted by molar-refractivity contribution is 9.10. The van der Waals surface area contributed by atoms with Gasteiger partial charge in [-0.2, -0.15) is 0 Å². The molecule has 19 heavy (non-hydrogen) atoms. The highest BCUT2D eigenvalue weighted by Crippen LogP contribution is 2.22. The maximum atomic E-state index is 4.52. The summed E-state index contributed by atoms with van der Waals surface area (Å²) < 4.78 is 1.06. The van der Waals surface area contributed by atoms with E-state index in [-0.39, 0.29) is 0 Å². The lowest BCUT2D eigenvalue weighted by Crippen LogP contribution is -2.23. The lowest BCUT2D eigenvalue weighted by molar-refractivity contribution is 0.808. The fourth-order valence-corrected chi connectivity index (χ4v) is 2.26. The predicted molar refractivity (Wildman–Crippen MR) is 84.6 cm³/mol. The van der Waals surface area contributed by atoms with Crippen molar-refractivity contribution >= 4 is 21.7 Å². The summed E-state index contributed by atoms with van der Waals surface area (Å²) in [5, 5.41) is 0. The molecule has 0 amide bonds. The molecule has 0 saturated heterocycles. The highest BCUT2D eigenvalue weighted by Gasteiger charge is 2.09. The lowest BCUT2D eigenvalue weighted by Gasteiger charge is -2.23. The van der Waals surface area contributed by atoms with Gasteiger partial charge in [-0.15, -0.1) is 0 Å². The molecule has 0 aliphatic carbocycles. The molecular formula is C16H19BrN2. The van der Waals surface area contributed by atoms with Crippen LogP contribution in [0.25, 0.3) is 0 Å². The minimum atomic E-state index is 0.900. The molecule has 0 aliphatic heterocycles. The number of aromatic nitrogens is 1. The third-order valence-electron chi connectivity index (χ3n) is 3.36. The van der Waals surface area contributed by atoms with E-state index in [1.807, 2.05) is 6.20 Å². The number of benzene rings is 1. The van der Waals surface area contributed by atoms with Crippen molar-refractivity contribution in [1.29, 1.82) is 0 Å². The first kappa shape index (κ1) is 14.1. The first-order chi connectivity index (χ1) is 9.11. The summed E-state index contributed by atoms with van der Waals surface area (Å²) in [7, 11) is 0. The van der Waals surface area contributed by atoms with Gasteiger partial charge in [0.1, 0.15) is 5.82 Å². The predicted octanol–water partition coefficient (Wildman–Crippen LogP) is 4.49. The Kier molecular flexibility index (Phi) is 4.59. The molecule has 2 aromatic rings. The van der Waals surface area contributed by atoms with Crippen molar-refractivity contribution < 1.29 is 0 Å². The van der Waals surface area contributed by atoms with Crippen LogP contribution >= 0.6 is 15.9 Å². The van der Waals surface area contributed by atoms with Gasteiger partial charge in [0.15, 0.2) is 0 Å². The molecule has 0 unspecified atom stereocenters. The molecule has 1 aromatic heterocycles. The Morgan fingerprint density at radius 2 is 1.89 bits per heavy atom. The molecule has 0 aliphatic rings. The number of halogens is 1. The number of anilines is 1. The van der Waals surface area contributed by atoms with Gasteiger partial charge in [0, 0.05) is 23.8 Å². The Hall–Kier alpha value is -1.35. The third-order valence-corrected chi connectivity index (χ3v) is 4.19. The van der Waals surface area contributed by atoms with E-state index in [1.54, 1.807) is 0 Å². The number of nitrogens with zero attached hydrogens (tertiary/aromatic N) is 2. The van der Waals surface area contributed by atoms with Crippen LogP contribution in [-0.4, -0.2) is 11.5 Å². The molecule has 0 bridgehead atoms. The molecule has 0 fully saturated rings. The molecule has 1 aromatic carbocycles. The van der Waals surface area contributed by atoms with Gasteiger partial charge in [-0.25, -0.2) is 4.98 Å². The fraction of sp³-hybridized carbons (Fsp3) is 0.312. The van der Waals surface area contributed by atoms with Crippen molar-refractivity contribution in [2.24, 2.45) is 0 Å². The summed E-state index contributed by atoms with van der Waals surface area (Å²) in [6.45, 7) is 8.26. The molecule has 0 spiro atoms. The molecule has 2 nitrogen and oxygen atoms in total. The number of rotatable bonds is 4. The minimum absolute atomic E-state index is 0.900. The van der Waals surface area contributed by atoms with E-state index in [9.17, 15) is 0 Å². The van der Waals surface area contributed by atoms with Crippen molar-refractivity contribution in [3.05, 3.63) is 57.7 Å². The van der Waals surface area contributed by atoms with Gasteiger partial charge in [-0.1, -0.05) is 24.3 Å². The second-order valence-electron chi connectivity index (χ2n) is 4.73. The van der Waals surface area contributed by atoms with Crippen LogP contribution in [0.4, 0.5) is 5.82 Å². The zero-order valence-electron chi connectivity index (χ0n) is 11.7. The standard InChI is InChI=1S/C16H19BrN2/c1-4-19(11-14-8-6-5-7-12(14)2)16-9-13(3)15(17)10-18-16/h5-10H,4,11H2,1-3H3. The van der Waals surface area contributed by atoms with Gasteiger partial charge in [-0.05, 0) is 59.5 Å². The zero-order valence-corrected chi connectivity index (χ0v) is 13.2. The van der Waals surface area contributed by atoms with E-state index in [4.69, 9.17) is 0 Å². The molecule has 100 valence electrons. The van der Waals surface area contributed by atoms with Crippen molar-refractivity contribution in [1.82, 2.24) is 4.98 Å². The topological polar surface area (TPSA) is 16.1 Å². The van der Waals surface area contributed by atoms with Gasteiger partial charge in [0.2, 0.25) is 0 Å². The fourth-order valence-electron chi connectivity index (χ4n) is 2.05. The summed E-state index contributed by atoms with van der Waals surface area (Å²) in [6, 6.07) is 10.6. The smallest absolute Gasteiger partial charge is 0.129 e. The molecule has 0 radical (unpaired) electrons. The van der Waals surface area contributed by atoms with Crippen molar-refractivity contribution in [2.45, 2.75) is 27.3 Å². The summed E-state index contributed by atoms with van der Waals surface area (Å²) in [5.74, 6) is 1.03. The van der Waals surface area contributed by atoms with Crippen LogP contribution in [0.3, 0.4) is 0 Å². The summed E-state index contributed by atoms with van der Waals surface area (Å²) >= 11 is 3.50. The van der Waals surface area contributed by atoms with E-state index in [2.05, 4.69) is 76.9 Å². The Morgan fingerprint density at radius 1 is 1.16 bits per heavy atom. The van der Waals surface area contributed by atoms with Crippen LogP contribution < -0.4 is 4.90 Å². The SMILES string of the molecule is CCN(Cc1ccccc1C)c1cc(C)c(Br)cn1. The summed E-state index contributed by atoms with van der Waals surface area (Å²) in [4.78, 5) is 6.81. The number of pyridine rings is 1. The first-order valence-electron chi connectivity index (χ1n) is 6.53. The number of hydrogen-bond donors (Lipinski definition) is 0. The second kappa shape index (κ2) is 6.20. The largest absolute Gasteiger partial charge is 0.353 e. The third kappa shape index (κ3) is 3.35. The highest BCUT2D eigenvalue weighted by atomic mass is 79.9. The van der Waals surface area contributed by atoms with Crippen molar-refractivity contribution in [3.63, 3.8) is 0 Å². The van der Waals surface area contributed by atoms with Gasteiger partial charge in [0.05, 0.1) is 0 Å². The zero-order chi connectivity index (χ0) is 13.8. The average Bonchev–Trinajstić information content (AvgIpc) is 2.41. The molecule has 2 rings (SSSR count). The van der Waals surface area contributed by atoms with E-state index in [0.29, 0.717) is 0 Å². The Balaban J connectivity index is 2.25. The second-order valence-corrected chi connectivity index (χ2v) is 5.59. The van der Waals surface area contributed by atoms with Gasteiger partial charge >= 0.3 is 0 Å². The van der Waals surface area contributed by atoms with Crippen LogP contribution in [0.5, 0.6) is 0 Å². The molecule has 1 heterocycles. The van der Waals surface area contributed by atoms with Crippen LogP contribution in [0, 0.1) is 13.8 Å². The maximum absolute atomic E-state index is 4.52. The van der Waals surface area contributed by atoms with Crippen LogP contribution in [0.1, 0.15) is 23.6 Å². The minimum Gasteiger partial charge on any atom is -0.353 e. The molecule has 0 N–H and O–H groups in total. The van der Waals surface area contributed by atoms with E-state index in [0.717, 1.165) is 23.4 Å². The van der Waals surface area contributed by atoms with Crippen LogP contribution in [-0.2, 0) is 6.54 Å². The van der Waals surface area contributed by atoms with Gasteiger partial charge in [0.25, 0.3) is 0 Å². The normalized spacial score (nSPS) is 10.5. The van der Waals surface area contributed by atoms with Crippen molar-refractivity contribution in [3.8, 4) is 0 Å². The molecule has 0 atom stereocenters. The Morgan fingerprint density at radius 3 is 2.53 bits per heavy atom. The molecular weight excluding hydrogens is 300 g/mol. The van der Waals surface area contributed by atoms with E-state index < -0.39 is 0 Å². The van der Waals surface area contributed by atoms with Gasteiger partial charge < -0.3 is 4.90 Å². The Labute approximate surface area is 123 Å². The van der Waals surface area contributed by atoms with Gasteiger partial charge in [-0.3, -0.25) is 0 Å². The Bertz CT molecular complexity index is 566. The van der Waals surface area contributed by atoms with E-state index in [1.165, 1.54) is 16.7 Å². The quantitative estimate of drug-likeness (QED) is 0.825. The van der Waals surface area contributed by atoms with Crippen LogP contribution in [0.15, 0.2) is 41.0 Å². The lowest BCUT2D eigenvalue weighted by atomic mass is 10.1. The number of aryl methyl sites for hydroxylation is 2. The molecule has 3 heteroatoms. The summed E-state index contributed by atoms with van der Waals surface area (Å²) in [5.41, 5.74) is 3.90. The van der Waals surface area contributed by atoms with E-state index >= 15 is 0 Å². The maximum Gasteiger partial charge on any atom is 0.129 e. The summed E-state index contributed by atoms with van der Waals surface area (Å²) in [6.07, 6.45) is 1.88. The average molecular weight is 319 g/mol. The monoisotopic (exact) mass is 318 g/mol. The van der Waals surface area contributed by atoms with Crippen molar-refractivity contribution in [2.75, 3.05) is 11.4 Å². The first-order valence-corrected chi connectivity index (χ1v) is 7.32. The van der Waals surface area contributed by atoms with Crippen LogP contribution in [0.2, 0.25) is 0 Å².